The summed E-state index contributed by atoms with van der Waals surface area (Å²) in [6, 6.07) is 5.59. The van der Waals surface area contributed by atoms with E-state index in [-0.39, 0.29) is 23.6 Å². The SMILES string of the molecule is COCCn1nnnc1C(C(C)C)N(Cc1cc2cc3c(cc2[nH]c1=O)OCCO3)CC1CCCO1. The Kier molecular flexibility index (Phi) is 7.49. The van der Waals surface area contributed by atoms with Gasteiger partial charge >= 0.3 is 0 Å². The van der Waals surface area contributed by atoms with Crippen molar-refractivity contribution in [2.45, 2.75) is 51.9 Å². The molecule has 0 spiro atoms. The first kappa shape index (κ1) is 24.7. The van der Waals surface area contributed by atoms with Gasteiger partial charge in [0.1, 0.15) is 13.2 Å². The Morgan fingerprint density at radius 3 is 2.72 bits per heavy atom. The van der Waals surface area contributed by atoms with Crippen LogP contribution in [0.1, 0.15) is 44.1 Å². The highest BCUT2D eigenvalue weighted by atomic mass is 16.6. The van der Waals surface area contributed by atoms with Crippen LogP contribution in [0.4, 0.5) is 0 Å². The molecule has 11 nitrogen and oxygen atoms in total. The maximum atomic E-state index is 13.2. The Morgan fingerprint density at radius 2 is 2.00 bits per heavy atom. The molecule has 2 aliphatic rings. The zero-order valence-electron chi connectivity index (χ0n) is 21.1. The molecular formula is C25H34N6O5. The van der Waals surface area contributed by atoms with Crippen LogP contribution < -0.4 is 15.0 Å². The normalized spacial score (nSPS) is 18.4. The molecule has 2 aromatic heterocycles. The number of fused-ring (bicyclic) bond motifs is 2. The third-order valence-corrected chi connectivity index (χ3v) is 6.78. The zero-order valence-corrected chi connectivity index (χ0v) is 21.1. The number of rotatable bonds is 10. The van der Waals surface area contributed by atoms with Gasteiger partial charge in [-0.2, -0.15) is 0 Å². The van der Waals surface area contributed by atoms with Crippen molar-refractivity contribution in [2.75, 3.05) is 40.1 Å². The number of pyridine rings is 1. The van der Waals surface area contributed by atoms with Crippen molar-refractivity contribution >= 4 is 10.9 Å². The lowest BCUT2D eigenvalue weighted by molar-refractivity contribution is 0.0379. The standard InChI is InChI=1S/C25H34N6O5/c1-16(2)23(24-27-28-29-31(24)6-8-33-3)30(15-19-5-4-7-34-19)14-18-11-17-12-21-22(36-10-9-35-21)13-20(17)26-25(18)32/h11-13,16,19,23H,4-10,14-15H2,1-3H3,(H,26,32). The summed E-state index contributed by atoms with van der Waals surface area (Å²) in [7, 11) is 1.66. The Balaban J connectivity index is 1.50. The van der Waals surface area contributed by atoms with E-state index in [9.17, 15) is 4.79 Å². The van der Waals surface area contributed by atoms with E-state index in [2.05, 4.69) is 39.3 Å². The highest BCUT2D eigenvalue weighted by Gasteiger charge is 2.32. The van der Waals surface area contributed by atoms with Crippen LogP contribution in [0, 0.1) is 5.92 Å². The van der Waals surface area contributed by atoms with Gasteiger partial charge in [0, 0.05) is 43.8 Å². The fraction of sp³-hybridized carbons (Fsp3) is 0.600. The molecule has 2 aliphatic heterocycles. The zero-order chi connectivity index (χ0) is 25.1. The summed E-state index contributed by atoms with van der Waals surface area (Å²) in [5.41, 5.74) is 1.26. The molecule has 0 saturated carbocycles. The number of tetrazole rings is 1. The average molecular weight is 499 g/mol. The Hall–Kier alpha value is -3.02. The average Bonchev–Trinajstić information content (AvgIpc) is 3.54. The van der Waals surface area contributed by atoms with Crippen LogP contribution >= 0.6 is 0 Å². The maximum Gasteiger partial charge on any atom is 0.252 e. The van der Waals surface area contributed by atoms with Gasteiger partial charge in [-0.3, -0.25) is 9.69 Å². The van der Waals surface area contributed by atoms with Gasteiger partial charge in [-0.1, -0.05) is 13.8 Å². The number of hydrogen-bond acceptors (Lipinski definition) is 9. The van der Waals surface area contributed by atoms with Crippen molar-refractivity contribution in [3.05, 3.63) is 39.9 Å². The summed E-state index contributed by atoms with van der Waals surface area (Å²) in [5, 5.41) is 13.5. The molecule has 5 rings (SSSR count). The van der Waals surface area contributed by atoms with Crippen LogP contribution in [-0.2, 0) is 22.6 Å². The molecule has 1 aromatic carbocycles. The number of H-pyrrole nitrogens is 1. The number of aromatic nitrogens is 5. The quantitative estimate of drug-likeness (QED) is 0.449. The van der Waals surface area contributed by atoms with Gasteiger partial charge in [-0.05, 0) is 41.3 Å². The summed E-state index contributed by atoms with van der Waals surface area (Å²) < 4.78 is 24.5. The summed E-state index contributed by atoms with van der Waals surface area (Å²) in [4.78, 5) is 18.5. The van der Waals surface area contributed by atoms with Crippen LogP contribution in [-0.4, -0.2) is 76.3 Å². The smallest absolute Gasteiger partial charge is 0.252 e. The number of nitrogens with one attached hydrogen (secondary N) is 1. The number of ether oxygens (including phenoxy) is 4. The predicted octanol–water partition coefficient (Wildman–Crippen LogP) is 2.31. The van der Waals surface area contributed by atoms with E-state index >= 15 is 0 Å². The number of benzene rings is 1. The molecule has 4 heterocycles. The van der Waals surface area contributed by atoms with Gasteiger partial charge in [0.05, 0.1) is 30.8 Å². The summed E-state index contributed by atoms with van der Waals surface area (Å²) in [5.74, 6) is 2.30. The van der Waals surface area contributed by atoms with E-state index in [4.69, 9.17) is 18.9 Å². The Labute approximate surface area is 209 Å². The summed E-state index contributed by atoms with van der Waals surface area (Å²) in [6.45, 7) is 8.25. The highest BCUT2D eigenvalue weighted by molar-refractivity contribution is 5.83. The molecule has 1 saturated heterocycles. The molecule has 1 fully saturated rings. The maximum absolute atomic E-state index is 13.2. The molecule has 0 bridgehead atoms. The minimum absolute atomic E-state index is 0.103. The number of nitrogens with zero attached hydrogens (tertiary/aromatic N) is 5. The lowest BCUT2D eigenvalue weighted by Gasteiger charge is -2.35. The van der Waals surface area contributed by atoms with Crippen LogP contribution in [0.3, 0.4) is 0 Å². The first-order valence-corrected chi connectivity index (χ1v) is 12.6. The number of methoxy groups -OCH3 is 1. The van der Waals surface area contributed by atoms with Crippen molar-refractivity contribution in [1.82, 2.24) is 30.1 Å². The molecule has 11 heteroatoms. The van der Waals surface area contributed by atoms with Crippen LogP contribution in [0.5, 0.6) is 11.5 Å². The van der Waals surface area contributed by atoms with E-state index in [0.29, 0.717) is 56.5 Å². The largest absolute Gasteiger partial charge is 0.486 e. The molecule has 36 heavy (non-hydrogen) atoms. The molecule has 194 valence electrons. The van der Waals surface area contributed by atoms with Crippen molar-refractivity contribution in [1.29, 1.82) is 0 Å². The second-order valence-electron chi connectivity index (χ2n) is 9.71. The van der Waals surface area contributed by atoms with Crippen molar-refractivity contribution < 1.29 is 18.9 Å². The van der Waals surface area contributed by atoms with Gasteiger partial charge < -0.3 is 23.9 Å². The first-order valence-electron chi connectivity index (χ1n) is 12.6. The van der Waals surface area contributed by atoms with Crippen molar-refractivity contribution in [3.8, 4) is 11.5 Å². The lowest BCUT2D eigenvalue weighted by Crippen LogP contribution is -2.40. The molecular weight excluding hydrogens is 464 g/mol. The molecule has 0 radical (unpaired) electrons. The third kappa shape index (κ3) is 5.23. The molecule has 0 amide bonds. The Morgan fingerprint density at radius 1 is 1.19 bits per heavy atom. The topological polar surface area (TPSA) is 117 Å². The highest BCUT2D eigenvalue weighted by Crippen LogP contribution is 2.34. The minimum atomic E-state index is -0.127. The van der Waals surface area contributed by atoms with Crippen molar-refractivity contribution in [3.63, 3.8) is 0 Å². The van der Waals surface area contributed by atoms with Crippen LogP contribution in [0.2, 0.25) is 0 Å². The van der Waals surface area contributed by atoms with E-state index in [1.54, 1.807) is 11.8 Å². The summed E-state index contributed by atoms with van der Waals surface area (Å²) in [6.07, 6.45) is 2.14. The van der Waals surface area contributed by atoms with E-state index in [1.165, 1.54) is 0 Å². The minimum Gasteiger partial charge on any atom is -0.486 e. The molecule has 2 unspecified atom stereocenters. The fourth-order valence-corrected chi connectivity index (χ4v) is 5.09. The number of hydrogen-bond donors (Lipinski definition) is 1. The van der Waals surface area contributed by atoms with E-state index < -0.39 is 0 Å². The Bertz CT molecular complexity index is 1240. The van der Waals surface area contributed by atoms with Crippen LogP contribution in [0.15, 0.2) is 23.0 Å². The second-order valence-corrected chi connectivity index (χ2v) is 9.71. The van der Waals surface area contributed by atoms with Crippen molar-refractivity contribution in [2.24, 2.45) is 5.92 Å². The van der Waals surface area contributed by atoms with E-state index in [1.807, 2.05) is 18.2 Å². The van der Waals surface area contributed by atoms with E-state index in [0.717, 1.165) is 36.2 Å². The predicted molar refractivity (Wildman–Crippen MR) is 132 cm³/mol. The van der Waals surface area contributed by atoms with Gasteiger partial charge in [0.15, 0.2) is 17.3 Å². The summed E-state index contributed by atoms with van der Waals surface area (Å²) >= 11 is 0. The monoisotopic (exact) mass is 498 g/mol. The van der Waals surface area contributed by atoms with Gasteiger partial charge in [0.25, 0.3) is 5.56 Å². The molecule has 1 N–H and O–H groups in total. The second kappa shape index (κ2) is 10.9. The number of aromatic amines is 1. The lowest BCUT2D eigenvalue weighted by atomic mass is 9.99. The fourth-order valence-electron chi connectivity index (χ4n) is 5.09. The molecule has 2 atom stereocenters. The molecule has 0 aliphatic carbocycles. The van der Waals surface area contributed by atoms with Gasteiger partial charge in [-0.25, -0.2) is 4.68 Å². The van der Waals surface area contributed by atoms with Gasteiger partial charge in [0.2, 0.25) is 0 Å². The van der Waals surface area contributed by atoms with Gasteiger partial charge in [-0.15, -0.1) is 5.10 Å². The van der Waals surface area contributed by atoms with Crippen LogP contribution in [0.25, 0.3) is 10.9 Å². The first-order chi connectivity index (χ1) is 17.5. The molecule has 3 aromatic rings. The third-order valence-electron chi connectivity index (χ3n) is 6.78.